The van der Waals surface area contributed by atoms with Crippen molar-refractivity contribution in [3.63, 3.8) is 0 Å². The number of likely N-dealkylation sites (N-methyl/N-ethyl adjacent to an activating group) is 1. The lowest BCUT2D eigenvalue weighted by atomic mass is 9.79. The summed E-state index contributed by atoms with van der Waals surface area (Å²) in [4.78, 5) is 15.8. The van der Waals surface area contributed by atoms with E-state index in [-0.39, 0.29) is 11.3 Å². The molecule has 2 aliphatic heterocycles. The van der Waals surface area contributed by atoms with Crippen LogP contribution >= 0.6 is 11.3 Å². The number of nitrogens with zero attached hydrogens (tertiary/aromatic N) is 3. The Morgan fingerprint density at radius 1 is 1.29 bits per heavy atom. The second-order valence-corrected chi connectivity index (χ2v) is 10.2. The molecule has 24 heavy (non-hydrogen) atoms. The van der Waals surface area contributed by atoms with Crippen LogP contribution in [0.5, 0.6) is 0 Å². The van der Waals surface area contributed by atoms with Gasteiger partial charge >= 0.3 is 0 Å². The van der Waals surface area contributed by atoms with E-state index in [1.807, 2.05) is 0 Å². The number of hydrogen-bond donors (Lipinski definition) is 0. The van der Waals surface area contributed by atoms with E-state index in [1.165, 1.54) is 11.3 Å². The summed E-state index contributed by atoms with van der Waals surface area (Å²) in [7, 11) is 0.175. The summed E-state index contributed by atoms with van der Waals surface area (Å²) >= 11 is 1.27. The normalized spacial score (nSPS) is 26.1. The number of carbonyl (C=O) groups excluding carboxylic acids is 1. The minimum Gasteiger partial charge on any atom is -0.348 e. The molecule has 0 aliphatic carbocycles. The van der Waals surface area contributed by atoms with Crippen molar-refractivity contribution in [2.24, 2.45) is 5.41 Å². The second kappa shape index (κ2) is 6.74. The first-order chi connectivity index (χ1) is 11.3. The molecule has 0 N–H and O–H groups in total. The molecular weight excluding hydrogens is 346 g/mol. The third-order valence-electron chi connectivity index (χ3n) is 5.09. The van der Waals surface area contributed by atoms with E-state index in [4.69, 9.17) is 0 Å². The highest BCUT2D eigenvalue weighted by Gasteiger charge is 2.45. The maximum absolute atomic E-state index is 12.7. The number of thiophene rings is 1. The minimum atomic E-state index is -3.37. The zero-order valence-corrected chi connectivity index (χ0v) is 15.9. The average Bonchev–Trinajstić information content (AvgIpc) is 3.18. The molecule has 0 unspecified atom stereocenters. The van der Waals surface area contributed by atoms with Gasteiger partial charge in [0.1, 0.15) is 4.21 Å². The van der Waals surface area contributed by atoms with Gasteiger partial charge in [-0.1, -0.05) is 6.07 Å². The first-order valence-corrected chi connectivity index (χ1v) is 10.6. The molecule has 3 heterocycles. The summed E-state index contributed by atoms with van der Waals surface area (Å²) in [5.74, 6) is 0.105. The Hall–Kier alpha value is -0.960. The molecule has 0 bridgehead atoms. The first-order valence-electron chi connectivity index (χ1n) is 8.29. The topological polar surface area (TPSA) is 60.9 Å². The van der Waals surface area contributed by atoms with Crippen molar-refractivity contribution in [2.45, 2.75) is 23.5 Å². The summed E-state index contributed by atoms with van der Waals surface area (Å²) in [5.41, 5.74) is -0.00479. The molecule has 6 nitrogen and oxygen atoms in total. The maximum Gasteiger partial charge on any atom is 0.252 e. The lowest BCUT2D eigenvalue weighted by molar-refractivity contribution is -0.130. The minimum absolute atomic E-state index is 0.00479. The van der Waals surface area contributed by atoms with Gasteiger partial charge in [0.2, 0.25) is 5.91 Å². The Morgan fingerprint density at radius 3 is 2.75 bits per heavy atom. The maximum atomic E-state index is 12.7. The van der Waals surface area contributed by atoms with Crippen molar-refractivity contribution in [1.82, 2.24) is 14.1 Å². The fraction of sp³-hybridized carbons (Fsp3) is 0.688. The third-order valence-corrected chi connectivity index (χ3v) is 8.31. The highest BCUT2D eigenvalue weighted by atomic mass is 32.2. The van der Waals surface area contributed by atoms with Crippen LogP contribution in [-0.2, 0) is 14.8 Å². The highest BCUT2D eigenvalue weighted by molar-refractivity contribution is 7.91. The van der Waals surface area contributed by atoms with Crippen molar-refractivity contribution in [3.05, 3.63) is 17.5 Å². The van der Waals surface area contributed by atoms with E-state index >= 15 is 0 Å². The zero-order valence-electron chi connectivity index (χ0n) is 14.3. The van der Waals surface area contributed by atoms with Crippen molar-refractivity contribution in [1.29, 1.82) is 0 Å². The molecule has 0 saturated carbocycles. The number of carbonyl (C=O) groups is 1. The van der Waals surface area contributed by atoms with E-state index in [0.717, 1.165) is 32.4 Å². The largest absolute Gasteiger partial charge is 0.348 e. The molecule has 1 atom stereocenters. The lowest BCUT2D eigenvalue weighted by Gasteiger charge is -2.40. The van der Waals surface area contributed by atoms with Crippen LogP contribution in [0.25, 0.3) is 0 Å². The predicted octanol–water partition coefficient (Wildman–Crippen LogP) is 1.31. The molecule has 2 saturated heterocycles. The van der Waals surface area contributed by atoms with Gasteiger partial charge in [-0.3, -0.25) is 9.69 Å². The molecule has 3 rings (SSSR count). The highest BCUT2D eigenvalue weighted by Crippen LogP contribution is 2.41. The molecule has 1 spiro atoms. The Labute approximate surface area is 148 Å². The van der Waals surface area contributed by atoms with Gasteiger partial charge in [-0.2, -0.15) is 4.31 Å². The van der Waals surface area contributed by atoms with Crippen LogP contribution in [0, 0.1) is 5.41 Å². The Balaban J connectivity index is 1.68. The molecule has 1 aromatic heterocycles. The summed E-state index contributed by atoms with van der Waals surface area (Å²) < 4.78 is 27.5. The van der Waals surface area contributed by atoms with Gasteiger partial charge in [-0.05, 0) is 42.7 Å². The second-order valence-electron chi connectivity index (χ2n) is 7.12. The number of likely N-dealkylation sites (tertiary alicyclic amines) is 1. The summed E-state index contributed by atoms with van der Waals surface area (Å²) in [5, 5.41) is 1.80. The van der Waals surface area contributed by atoms with Crippen molar-refractivity contribution >= 4 is 27.3 Å². The Morgan fingerprint density at radius 2 is 2.08 bits per heavy atom. The van der Waals surface area contributed by atoms with Crippen LogP contribution < -0.4 is 0 Å². The zero-order chi connectivity index (χ0) is 17.4. The van der Waals surface area contributed by atoms with Crippen molar-refractivity contribution < 1.29 is 13.2 Å². The molecular formula is C16H25N3O3S2. The monoisotopic (exact) mass is 371 g/mol. The van der Waals surface area contributed by atoms with E-state index in [0.29, 0.717) is 23.8 Å². The van der Waals surface area contributed by atoms with Crippen LogP contribution in [0.4, 0.5) is 0 Å². The molecule has 8 heteroatoms. The Bertz CT molecular complexity index is 687. The van der Waals surface area contributed by atoms with Gasteiger partial charge in [0, 0.05) is 33.7 Å². The van der Waals surface area contributed by atoms with E-state index in [1.54, 1.807) is 40.8 Å². The number of sulfonamides is 1. The number of hydrogen-bond acceptors (Lipinski definition) is 5. The molecule has 1 amide bonds. The van der Waals surface area contributed by atoms with Crippen molar-refractivity contribution in [3.8, 4) is 0 Å². The van der Waals surface area contributed by atoms with Gasteiger partial charge in [0.05, 0.1) is 6.54 Å². The summed E-state index contributed by atoms with van der Waals surface area (Å²) in [6.45, 7) is 3.30. The number of rotatable bonds is 4. The van der Waals surface area contributed by atoms with Gasteiger partial charge < -0.3 is 4.90 Å². The van der Waals surface area contributed by atoms with Gasteiger partial charge in [0.15, 0.2) is 0 Å². The van der Waals surface area contributed by atoms with Crippen LogP contribution in [-0.4, -0.2) is 75.2 Å². The average molecular weight is 372 g/mol. The molecule has 2 fully saturated rings. The molecule has 2 aliphatic rings. The number of amides is 1. The van der Waals surface area contributed by atoms with Gasteiger partial charge in [-0.15, -0.1) is 11.3 Å². The van der Waals surface area contributed by atoms with E-state index < -0.39 is 10.0 Å². The fourth-order valence-electron chi connectivity index (χ4n) is 3.75. The molecule has 0 aromatic carbocycles. The van der Waals surface area contributed by atoms with Crippen LogP contribution in [0.2, 0.25) is 0 Å². The lowest BCUT2D eigenvalue weighted by Crippen LogP contribution is -2.48. The van der Waals surface area contributed by atoms with Gasteiger partial charge in [0.25, 0.3) is 10.0 Å². The number of piperidine rings is 1. The van der Waals surface area contributed by atoms with Crippen LogP contribution in [0.15, 0.2) is 21.7 Å². The van der Waals surface area contributed by atoms with Crippen LogP contribution in [0.3, 0.4) is 0 Å². The van der Waals surface area contributed by atoms with Crippen LogP contribution in [0.1, 0.15) is 19.3 Å². The summed E-state index contributed by atoms with van der Waals surface area (Å²) in [6, 6.07) is 3.45. The Kier molecular flexibility index (Phi) is 5.01. The van der Waals surface area contributed by atoms with E-state index in [2.05, 4.69) is 4.90 Å². The quantitative estimate of drug-likeness (QED) is 0.801. The molecule has 1 aromatic rings. The molecule has 134 valence electrons. The predicted molar refractivity (Wildman–Crippen MR) is 94.5 cm³/mol. The van der Waals surface area contributed by atoms with Gasteiger partial charge in [-0.25, -0.2) is 8.42 Å². The van der Waals surface area contributed by atoms with E-state index in [9.17, 15) is 13.2 Å². The fourth-order valence-corrected chi connectivity index (χ4v) is 6.45. The summed E-state index contributed by atoms with van der Waals surface area (Å²) in [6.07, 6.45) is 2.94. The SMILES string of the molecule is CN(C)C(=O)CN1CCC[C@]2(CCN(S(=O)(=O)c3cccs3)C2)C1. The third kappa shape index (κ3) is 3.51. The standard InChI is InChI=1S/C16H25N3O3S2/c1-17(2)14(20)11-18-8-4-6-16(12-18)7-9-19(13-16)24(21,22)15-5-3-10-23-15/h3,5,10H,4,6-9,11-13H2,1-2H3/t16-/m0/s1. The molecule has 0 radical (unpaired) electrons. The smallest absolute Gasteiger partial charge is 0.252 e. The van der Waals surface area contributed by atoms with Crippen molar-refractivity contribution in [2.75, 3.05) is 46.8 Å². The first kappa shape index (κ1) is 17.8.